The van der Waals surface area contributed by atoms with Crippen LogP contribution < -0.4 is 10.1 Å². The van der Waals surface area contributed by atoms with Gasteiger partial charge in [0.15, 0.2) is 0 Å². The van der Waals surface area contributed by atoms with Gasteiger partial charge in [-0.05, 0) is 89.2 Å². The highest BCUT2D eigenvalue weighted by molar-refractivity contribution is 14.1. The Morgan fingerprint density at radius 2 is 1.94 bits per heavy atom. The summed E-state index contributed by atoms with van der Waals surface area (Å²) in [6.45, 7) is 2.40. The summed E-state index contributed by atoms with van der Waals surface area (Å²) >= 11 is 5.84. The van der Waals surface area contributed by atoms with Crippen LogP contribution >= 0.6 is 38.5 Å². The van der Waals surface area contributed by atoms with E-state index in [9.17, 15) is 14.4 Å². The number of nitrogens with one attached hydrogen (secondary N) is 1. The van der Waals surface area contributed by atoms with Crippen LogP contribution in [-0.2, 0) is 11.2 Å². The maximum Gasteiger partial charge on any atom is 0.266 e. The third-order valence-electron chi connectivity index (χ3n) is 4.58. The van der Waals surface area contributed by atoms with Crippen molar-refractivity contribution in [2.24, 2.45) is 0 Å². The average Bonchev–Trinajstić information content (AvgIpc) is 2.77. The maximum absolute atomic E-state index is 13.1. The van der Waals surface area contributed by atoms with Gasteiger partial charge in [0.25, 0.3) is 5.91 Å². The molecule has 0 aliphatic heterocycles. The molecular formula is C25H19BrFIN2O2. The Bertz CT molecular complexity index is 1200. The zero-order chi connectivity index (χ0) is 23.1. The number of halogens is 3. The number of carbonyl (C=O) groups excluding carboxylic acids is 1. The second-order valence-corrected chi connectivity index (χ2v) is 8.83. The molecule has 0 atom stereocenters. The summed E-state index contributed by atoms with van der Waals surface area (Å²) in [4.78, 5) is 12.5. The summed E-state index contributed by atoms with van der Waals surface area (Å²) in [5.74, 6) is -0.262. The number of rotatable bonds is 7. The molecule has 3 rings (SSSR count). The molecule has 1 N–H and O–H groups in total. The zero-order valence-corrected chi connectivity index (χ0v) is 20.9. The van der Waals surface area contributed by atoms with Crippen LogP contribution in [0.5, 0.6) is 5.75 Å². The molecule has 7 heteroatoms. The average molecular weight is 605 g/mol. The Kier molecular flexibility index (Phi) is 8.42. The number of hydrogen-bond acceptors (Lipinski definition) is 3. The Labute approximate surface area is 208 Å². The van der Waals surface area contributed by atoms with Crippen molar-refractivity contribution in [2.75, 3.05) is 11.9 Å². The number of carbonyl (C=O) groups is 1. The van der Waals surface area contributed by atoms with Crippen molar-refractivity contribution in [3.8, 4) is 11.8 Å². The predicted octanol–water partition coefficient (Wildman–Crippen LogP) is 6.73. The van der Waals surface area contributed by atoms with Gasteiger partial charge in [0, 0.05) is 25.7 Å². The van der Waals surface area contributed by atoms with Crippen LogP contribution in [0, 0.1) is 20.7 Å². The summed E-state index contributed by atoms with van der Waals surface area (Å²) in [5, 5.41) is 12.1. The number of hydrogen-bond donors (Lipinski definition) is 1. The number of nitrogens with zero attached hydrogens (tertiary/aromatic N) is 1. The fourth-order valence-corrected chi connectivity index (χ4v) is 4.29. The summed E-state index contributed by atoms with van der Waals surface area (Å²) in [6, 6.07) is 19.1. The Morgan fingerprint density at radius 1 is 1.22 bits per heavy atom. The number of amides is 1. The molecule has 0 saturated carbocycles. The lowest BCUT2D eigenvalue weighted by molar-refractivity contribution is -0.112. The number of benzene rings is 3. The molecule has 0 aliphatic rings. The molecule has 3 aromatic carbocycles. The minimum absolute atomic E-state index is 0.0638. The predicted molar refractivity (Wildman–Crippen MR) is 136 cm³/mol. The monoisotopic (exact) mass is 604 g/mol. The van der Waals surface area contributed by atoms with Gasteiger partial charge in [-0.15, -0.1) is 0 Å². The van der Waals surface area contributed by atoms with Gasteiger partial charge >= 0.3 is 0 Å². The van der Waals surface area contributed by atoms with Gasteiger partial charge in [0.1, 0.15) is 23.2 Å². The zero-order valence-electron chi connectivity index (χ0n) is 17.2. The van der Waals surface area contributed by atoms with Crippen molar-refractivity contribution in [1.29, 1.82) is 5.26 Å². The molecule has 0 fully saturated rings. The topological polar surface area (TPSA) is 62.1 Å². The lowest BCUT2D eigenvalue weighted by Crippen LogP contribution is -2.13. The van der Waals surface area contributed by atoms with Crippen LogP contribution in [0.15, 0.2) is 70.7 Å². The van der Waals surface area contributed by atoms with E-state index in [1.54, 1.807) is 0 Å². The van der Waals surface area contributed by atoms with Crippen LogP contribution in [0.2, 0.25) is 0 Å². The molecule has 0 heterocycles. The largest absolute Gasteiger partial charge is 0.494 e. The van der Waals surface area contributed by atoms with E-state index in [1.165, 1.54) is 30.3 Å². The van der Waals surface area contributed by atoms with Gasteiger partial charge in [-0.2, -0.15) is 5.26 Å². The molecule has 162 valence electrons. The van der Waals surface area contributed by atoms with Crippen molar-refractivity contribution in [1.82, 2.24) is 0 Å². The first kappa shape index (κ1) is 24.0. The Hall–Kier alpha value is -2.70. The van der Waals surface area contributed by atoms with Gasteiger partial charge in [0.2, 0.25) is 0 Å². The van der Waals surface area contributed by atoms with Gasteiger partial charge in [-0.1, -0.05) is 34.1 Å². The summed E-state index contributed by atoms with van der Waals surface area (Å²) in [7, 11) is 0. The van der Waals surface area contributed by atoms with Gasteiger partial charge < -0.3 is 10.1 Å². The lowest BCUT2D eigenvalue weighted by atomic mass is 10.0. The molecule has 4 nitrogen and oxygen atoms in total. The molecule has 0 spiro atoms. The smallest absolute Gasteiger partial charge is 0.266 e. The first-order valence-corrected chi connectivity index (χ1v) is 11.7. The van der Waals surface area contributed by atoms with Crippen LogP contribution in [-0.4, -0.2) is 12.5 Å². The van der Waals surface area contributed by atoms with Gasteiger partial charge in [0.05, 0.1) is 6.61 Å². The van der Waals surface area contributed by atoms with E-state index in [2.05, 4.69) is 49.9 Å². The minimum Gasteiger partial charge on any atom is -0.494 e. The first-order valence-electron chi connectivity index (χ1n) is 9.78. The number of nitriles is 1. The van der Waals surface area contributed by atoms with E-state index >= 15 is 0 Å². The highest BCUT2D eigenvalue weighted by Crippen LogP contribution is 2.31. The number of anilines is 1. The third kappa shape index (κ3) is 6.17. The molecule has 32 heavy (non-hydrogen) atoms. The van der Waals surface area contributed by atoms with Gasteiger partial charge in [-0.3, -0.25) is 4.79 Å². The van der Waals surface area contributed by atoms with Crippen LogP contribution in [0.4, 0.5) is 10.1 Å². The van der Waals surface area contributed by atoms with Crippen molar-refractivity contribution >= 4 is 56.2 Å². The van der Waals surface area contributed by atoms with E-state index in [4.69, 9.17) is 4.74 Å². The van der Waals surface area contributed by atoms with E-state index in [0.29, 0.717) is 30.0 Å². The van der Waals surface area contributed by atoms with Gasteiger partial charge in [-0.25, -0.2) is 4.39 Å². The normalized spacial score (nSPS) is 11.0. The summed E-state index contributed by atoms with van der Waals surface area (Å²) in [5.41, 5.74) is 3.19. The Balaban J connectivity index is 1.91. The van der Waals surface area contributed by atoms with Crippen molar-refractivity contribution in [3.05, 3.63) is 96.8 Å². The molecule has 1 amide bonds. The minimum atomic E-state index is -0.565. The molecule has 0 unspecified atom stereocenters. The molecular weight excluding hydrogens is 586 g/mol. The molecule has 0 saturated heterocycles. The van der Waals surface area contributed by atoms with Crippen LogP contribution in [0.1, 0.15) is 23.6 Å². The first-order chi connectivity index (χ1) is 15.4. The maximum atomic E-state index is 13.1. The van der Waals surface area contributed by atoms with E-state index < -0.39 is 11.7 Å². The summed E-state index contributed by atoms with van der Waals surface area (Å²) in [6.07, 6.45) is 2.20. The second kappa shape index (κ2) is 11.2. The second-order valence-electron chi connectivity index (χ2n) is 6.81. The molecule has 0 aromatic heterocycles. The fourth-order valence-electron chi connectivity index (χ4n) is 3.05. The number of ether oxygens (including phenoxy) is 1. The van der Waals surface area contributed by atoms with E-state index in [1.807, 2.05) is 43.3 Å². The molecule has 3 aromatic rings. The highest BCUT2D eigenvalue weighted by atomic mass is 127. The highest BCUT2D eigenvalue weighted by Gasteiger charge is 2.15. The molecule has 0 radical (unpaired) electrons. The SMILES string of the molecule is CCOc1cc(/C=C(\C#N)C(=O)Nc2ccc(F)cc2)cc(I)c1Cc1ccccc1Br. The standard InChI is InChI=1S/C25H19BrFIN2O2/c1-2-32-24-13-16(12-23(28)21(24)14-17-5-3-4-6-22(17)26)11-18(15-29)25(31)30-20-9-7-19(27)8-10-20/h3-13H,2,14H2,1H3,(H,30,31)/b18-11+. The van der Waals surface area contributed by atoms with Crippen LogP contribution in [0.3, 0.4) is 0 Å². The quantitative estimate of drug-likeness (QED) is 0.185. The van der Waals surface area contributed by atoms with Crippen molar-refractivity contribution in [2.45, 2.75) is 13.3 Å². The molecule has 0 bridgehead atoms. The fraction of sp³-hybridized carbons (Fsp3) is 0.120. The van der Waals surface area contributed by atoms with Crippen LogP contribution in [0.25, 0.3) is 6.08 Å². The van der Waals surface area contributed by atoms with E-state index in [0.717, 1.165) is 19.2 Å². The summed E-state index contributed by atoms with van der Waals surface area (Å²) < 4.78 is 20.9. The Morgan fingerprint density at radius 3 is 2.59 bits per heavy atom. The lowest BCUT2D eigenvalue weighted by Gasteiger charge is -2.15. The molecule has 0 aliphatic carbocycles. The van der Waals surface area contributed by atoms with E-state index in [-0.39, 0.29) is 5.57 Å². The third-order valence-corrected chi connectivity index (χ3v) is 6.32. The van der Waals surface area contributed by atoms with Crippen molar-refractivity contribution in [3.63, 3.8) is 0 Å². The van der Waals surface area contributed by atoms with Crippen molar-refractivity contribution < 1.29 is 13.9 Å².